The van der Waals surface area contributed by atoms with Crippen LogP contribution in [0.5, 0.6) is 0 Å². The molecule has 2 heterocycles. The summed E-state index contributed by atoms with van der Waals surface area (Å²) in [6.45, 7) is 0.589. The Morgan fingerprint density at radius 1 is 1.10 bits per heavy atom. The highest BCUT2D eigenvalue weighted by Crippen LogP contribution is 2.34. The quantitative estimate of drug-likeness (QED) is 0.868. The van der Waals surface area contributed by atoms with Gasteiger partial charge in [-0.25, -0.2) is 4.79 Å². The van der Waals surface area contributed by atoms with Gasteiger partial charge in [0.05, 0.1) is 12.2 Å². The van der Waals surface area contributed by atoms with Gasteiger partial charge in [0, 0.05) is 23.1 Å². The summed E-state index contributed by atoms with van der Waals surface area (Å²) in [4.78, 5) is 18.8. The Morgan fingerprint density at radius 2 is 1.90 bits per heavy atom. The first-order chi connectivity index (χ1) is 10.3. The molecule has 4 heteroatoms. The number of pyridine rings is 1. The number of anilines is 2. The molecule has 21 heavy (non-hydrogen) atoms. The fourth-order valence-electron chi connectivity index (χ4n) is 3.22. The van der Waals surface area contributed by atoms with Crippen LogP contribution >= 0.6 is 0 Å². The van der Waals surface area contributed by atoms with Crippen molar-refractivity contribution in [2.45, 2.75) is 32.2 Å². The monoisotopic (exact) mass is 279 g/mol. The number of rotatable bonds is 1. The Kier molecular flexibility index (Phi) is 2.88. The Labute approximate surface area is 123 Å². The highest BCUT2D eigenvalue weighted by molar-refractivity contribution is 6.04. The molecule has 1 aromatic heterocycles. The minimum Gasteiger partial charge on any atom is -0.307 e. The van der Waals surface area contributed by atoms with Crippen LogP contribution in [0.1, 0.15) is 29.7 Å². The summed E-state index contributed by atoms with van der Waals surface area (Å²) in [6, 6.07) is 9.71. The molecule has 2 amide bonds. The van der Waals surface area contributed by atoms with E-state index in [-0.39, 0.29) is 6.03 Å². The summed E-state index contributed by atoms with van der Waals surface area (Å²) >= 11 is 0. The molecular formula is C17H17N3O. The summed E-state index contributed by atoms with van der Waals surface area (Å²) in [7, 11) is 0. The minimum absolute atomic E-state index is 0.0485. The van der Waals surface area contributed by atoms with Crippen molar-refractivity contribution >= 4 is 17.4 Å². The Balaban J connectivity index is 1.74. The smallest absolute Gasteiger partial charge is 0.307 e. The number of amides is 2. The molecule has 4 rings (SSSR count). The van der Waals surface area contributed by atoms with Crippen LogP contribution in [0.3, 0.4) is 0 Å². The summed E-state index contributed by atoms with van der Waals surface area (Å²) in [6.07, 6.45) is 6.36. The van der Waals surface area contributed by atoms with Crippen LogP contribution in [0.2, 0.25) is 0 Å². The molecule has 1 aliphatic carbocycles. The maximum atomic E-state index is 12.4. The van der Waals surface area contributed by atoms with E-state index in [1.165, 1.54) is 18.4 Å². The van der Waals surface area contributed by atoms with E-state index < -0.39 is 0 Å². The number of aryl methyl sites for hydroxylation is 1. The van der Waals surface area contributed by atoms with Gasteiger partial charge in [-0.15, -0.1) is 0 Å². The number of aromatic nitrogens is 1. The lowest BCUT2D eigenvalue weighted by atomic mass is 9.92. The molecule has 0 unspecified atom stereocenters. The lowest BCUT2D eigenvalue weighted by Crippen LogP contribution is -2.39. The van der Waals surface area contributed by atoms with Gasteiger partial charge in [-0.1, -0.05) is 18.2 Å². The Morgan fingerprint density at radius 3 is 2.76 bits per heavy atom. The molecule has 0 bridgehead atoms. The van der Waals surface area contributed by atoms with E-state index in [0.717, 1.165) is 35.5 Å². The second-order valence-corrected chi connectivity index (χ2v) is 5.64. The number of hydrogen-bond acceptors (Lipinski definition) is 2. The highest BCUT2D eigenvalue weighted by Gasteiger charge is 2.28. The number of nitrogens with one attached hydrogen (secondary N) is 1. The van der Waals surface area contributed by atoms with Gasteiger partial charge in [-0.3, -0.25) is 9.88 Å². The molecule has 2 aliphatic rings. The molecule has 1 aliphatic heterocycles. The van der Waals surface area contributed by atoms with Gasteiger partial charge >= 0.3 is 6.03 Å². The molecule has 2 aromatic rings. The van der Waals surface area contributed by atoms with E-state index in [4.69, 9.17) is 0 Å². The van der Waals surface area contributed by atoms with Crippen molar-refractivity contribution in [3.63, 3.8) is 0 Å². The van der Waals surface area contributed by atoms with Gasteiger partial charge in [-0.05, 0) is 43.4 Å². The van der Waals surface area contributed by atoms with Gasteiger partial charge in [-0.2, -0.15) is 0 Å². The normalized spacial score (nSPS) is 17.0. The average molecular weight is 279 g/mol. The number of hydrogen-bond donors (Lipinski definition) is 1. The minimum atomic E-state index is -0.0485. The first kappa shape index (κ1) is 12.4. The van der Waals surface area contributed by atoms with E-state index in [0.29, 0.717) is 6.54 Å². The fraction of sp³-hybridized carbons (Fsp3) is 0.294. The third kappa shape index (κ3) is 2.07. The fourth-order valence-corrected chi connectivity index (χ4v) is 3.22. The maximum absolute atomic E-state index is 12.4. The zero-order valence-corrected chi connectivity index (χ0v) is 11.8. The second-order valence-electron chi connectivity index (χ2n) is 5.64. The predicted octanol–water partition coefficient (Wildman–Crippen LogP) is 3.51. The zero-order valence-electron chi connectivity index (χ0n) is 11.8. The molecule has 0 spiro atoms. The lowest BCUT2D eigenvalue weighted by molar-refractivity contribution is 0.256. The largest absolute Gasteiger partial charge is 0.326 e. The zero-order chi connectivity index (χ0) is 14.2. The van der Waals surface area contributed by atoms with Crippen LogP contribution in [0.25, 0.3) is 0 Å². The van der Waals surface area contributed by atoms with E-state index in [2.05, 4.69) is 10.3 Å². The lowest BCUT2D eigenvalue weighted by Gasteiger charge is -2.32. The van der Waals surface area contributed by atoms with Gasteiger partial charge in [0.25, 0.3) is 0 Å². The molecule has 0 fully saturated rings. The van der Waals surface area contributed by atoms with Gasteiger partial charge < -0.3 is 5.32 Å². The van der Waals surface area contributed by atoms with Crippen molar-refractivity contribution in [2.75, 3.05) is 10.2 Å². The average Bonchev–Trinajstić information content (AvgIpc) is 2.55. The number of nitrogens with zero attached hydrogens (tertiary/aromatic N) is 2. The summed E-state index contributed by atoms with van der Waals surface area (Å²) in [5.74, 6) is 0. The number of benzene rings is 1. The van der Waals surface area contributed by atoms with Crippen LogP contribution in [0.15, 0.2) is 36.5 Å². The molecule has 4 nitrogen and oxygen atoms in total. The third-order valence-electron chi connectivity index (χ3n) is 4.31. The van der Waals surface area contributed by atoms with Crippen molar-refractivity contribution in [3.05, 3.63) is 53.3 Å². The van der Waals surface area contributed by atoms with Crippen LogP contribution in [-0.4, -0.2) is 11.0 Å². The molecule has 0 saturated carbocycles. The first-order valence-electron chi connectivity index (χ1n) is 7.46. The van der Waals surface area contributed by atoms with Crippen molar-refractivity contribution in [1.82, 2.24) is 4.98 Å². The first-order valence-corrected chi connectivity index (χ1v) is 7.46. The number of para-hydroxylation sites is 1. The van der Waals surface area contributed by atoms with Crippen molar-refractivity contribution in [3.8, 4) is 0 Å². The molecule has 106 valence electrons. The molecule has 0 saturated heterocycles. The maximum Gasteiger partial charge on any atom is 0.326 e. The number of carbonyl (C=O) groups excluding carboxylic acids is 1. The van der Waals surface area contributed by atoms with Gasteiger partial charge in [0.1, 0.15) is 0 Å². The van der Waals surface area contributed by atoms with E-state index in [1.807, 2.05) is 36.5 Å². The van der Waals surface area contributed by atoms with E-state index in [1.54, 1.807) is 4.90 Å². The van der Waals surface area contributed by atoms with Crippen LogP contribution in [0.4, 0.5) is 16.2 Å². The van der Waals surface area contributed by atoms with Crippen molar-refractivity contribution < 1.29 is 4.79 Å². The van der Waals surface area contributed by atoms with Crippen LogP contribution in [0, 0.1) is 0 Å². The van der Waals surface area contributed by atoms with Gasteiger partial charge in [0.2, 0.25) is 0 Å². The summed E-state index contributed by atoms with van der Waals surface area (Å²) < 4.78 is 0. The standard InChI is InChI=1S/C17H17N3O/c21-17-19-16-12(10-18-15-9-5-4-8-14(15)16)11-20(17)13-6-2-1-3-7-13/h1-3,6-7,10H,4-5,8-9,11H2,(H,19,21). The third-order valence-corrected chi connectivity index (χ3v) is 4.31. The summed E-state index contributed by atoms with van der Waals surface area (Å²) in [5.41, 5.74) is 5.45. The number of carbonyl (C=O) groups is 1. The highest BCUT2D eigenvalue weighted by atomic mass is 16.2. The van der Waals surface area contributed by atoms with Gasteiger partial charge in [0.15, 0.2) is 0 Å². The van der Waals surface area contributed by atoms with Crippen LogP contribution < -0.4 is 10.2 Å². The molecule has 0 radical (unpaired) electrons. The number of urea groups is 1. The SMILES string of the molecule is O=C1Nc2c(cnc3c2CCCC3)CN1c1ccccc1. The van der Waals surface area contributed by atoms with Crippen LogP contribution in [-0.2, 0) is 19.4 Å². The molecular weight excluding hydrogens is 262 g/mol. The van der Waals surface area contributed by atoms with Crippen molar-refractivity contribution in [2.24, 2.45) is 0 Å². The molecule has 1 N–H and O–H groups in total. The van der Waals surface area contributed by atoms with E-state index in [9.17, 15) is 4.79 Å². The molecule has 1 aromatic carbocycles. The second kappa shape index (κ2) is 4.88. The topological polar surface area (TPSA) is 45.2 Å². The Hall–Kier alpha value is -2.36. The summed E-state index contributed by atoms with van der Waals surface area (Å²) in [5, 5.41) is 3.08. The Bertz CT molecular complexity index is 697. The van der Waals surface area contributed by atoms with E-state index >= 15 is 0 Å². The molecule has 0 atom stereocenters. The number of fused-ring (bicyclic) bond motifs is 3. The predicted molar refractivity (Wildman–Crippen MR) is 82.5 cm³/mol. The van der Waals surface area contributed by atoms with Crippen molar-refractivity contribution in [1.29, 1.82) is 0 Å².